The fourth-order valence-corrected chi connectivity index (χ4v) is 6.55. The van der Waals surface area contributed by atoms with E-state index in [0.29, 0.717) is 24.0 Å². The number of piperidine rings is 1. The quantitative estimate of drug-likeness (QED) is 0.504. The number of piperazine rings is 1. The van der Waals surface area contributed by atoms with Crippen LogP contribution in [0.4, 0.5) is 5.82 Å². The number of likely N-dealkylation sites (tertiary alicyclic amines) is 1. The first-order valence-corrected chi connectivity index (χ1v) is 14.0. The Kier molecular flexibility index (Phi) is 6.43. The SMILES string of the molecule is COc1nc(N2CCN3CCOCC3C2)cc(-n2ncc3cc(C)c(C4CCN(C5COC5)CC4)cc32)n1. The van der Waals surface area contributed by atoms with Crippen LogP contribution in [0.3, 0.4) is 0 Å². The molecule has 3 aromatic rings. The lowest BCUT2D eigenvalue weighted by Gasteiger charge is -2.44. The zero-order valence-corrected chi connectivity index (χ0v) is 22.4. The Hall–Kier alpha value is -2.79. The maximum absolute atomic E-state index is 5.75. The molecule has 4 aliphatic heterocycles. The fraction of sp³-hybridized carbons (Fsp3) is 0.607. The molecule has 202 valence electrons. The van der Waals surface area contributed by atoms with Crippen molar-refractivity contribution in [1.29, 1.82) is 0 Å². The second-order valence-electron chi connectivity index (χ2n) is 11.1. The summed E-state index contributed by atoms with van der Waals surface area (Å²) in [6, 6.07) is 8.05. The van der Waals surface area contributed by atoms with Gasteiger partial charge in [-0.2, -0.15) is 15.1 Å². The van der Waals surface area contributed by atoms with E-state index in [1.165, 1.54) is 24.0 Å². The van der Waals surface area contributed by atoms with Crippen LogP contribution in [0.5, 0.6) is 6.01 Å². The van der Waals surface area contributed by atoms with Crippen molar-refractivity contribution in [1.82, 2.24) is 29.5 Å². The molecule has 4 aliphatic rings. The van der Waals surface area contributed by atoms with E-state index in [1.807, 2.05) is 16.9 Å². The molecule has 6 heterocycles. The topological polar surface area (TPSA) is 81.0 Å². The molecule has 1 aromatic carbocycles. The second-order valence-corrected chi connectivity index (χ2v) is 11.1. The third kappa shape index (κ3) is 4.43. The first-order valence-electron chi connectivity index (χ1n) is 14.0. The van der Waals surface area contributed by atoms with Crippen molar-refractivity contribution in [3.05, 3.63) is 35.5 Å². The highest BCUT2D eigenvalue weighted by Crippen LogP contribution is 2.35. The average Bonchev–Trinajstić information content (AvgIpc) is 3.34. The fourth-order valence-electron chi connectivity index (χ4n) is 6.55. The lowest BCUT2D eigenvalue weighted by molar-refractivity contribution is -0.0712. The summed E-state index contributed by atoms with van der Waals surface area (Å²) in [5.74, 6) is 2.17. The van der Waals surface area contributed by atoms with Crippen LogP contribution in [-0.4, -0.2) is 114 Å². The minimum absolute atomic E-state index is 0.364. The van der Waals surface area contributed by atoms with E-state index in [0.717, 1.165) is 88.2 Å². The Morgan fingerprint density at radius 1 is 0.868 bits per heavy atom. The Morgan fingerprint density at radius 2 is 1.66 bits per heavy atom. The Balaban J connectivity index is 1.18. The molecule has 0 saturated carbocycles. The normalized spacial score (nSPS) is 23.9. The van der Waals surface area contributed by atoms with E-state index in [2.05, 4.69) is 33.8 Å². The van der Waals surface area contributed by atoms with Gasteiger partial charge in [-0.15, -0.1) is 0 Å². The summed E-state index contributed by atoms with van der Waals surface area (Å²) in [5, 5.41) is 5.90. The number of aryl methyl sites for hydroxylation is 1. The van der Waals surface area contributed by atoms with Gasteiger partial charge >= 0.3 is 6.01 Å². The highest BCUT2D eigenvalue weighted by atomic mass is 16.5. The lowest BCUT2D eigenvalue weighted by Crippen LogP contribution is -2.58. The summed E-state index contributed by atoms with van der Waals surface area (Å²) in [7, 11) is 1.63. The van der Waals surface area contributed by atoms with Crippen molar-refractivity contribution in [2.45, 2.75) is 37.8 Å². The molecule has 0 amide bonds. The number of ether oxygens (including phenoxy) is 3. The van der Waals surface area contributed by atoms with Gasteiger partial charge in [0.15, 0.2) is 5.82 Å². The molecule has 38 heavy (non-hydrogen) atoms. The predicted molar refractivity (Wildman–Crippen MR) is 144 cm³/mol. The van der Waals surface area contributed by atoms with Crippen molar-refractivity contribution < 1.29 is 14.2 Å². The Morgan fingerprint density at radius 3 is 2.45 bits per heavy atom. The molecule has 0 N–H and O–H groups in total. The molecule has 7 rings (SSSR count). The first-order chi connectivity index (χ1) is 18.7. The van der Waals surface area contributed by atoms with Gasteiger partial charge in [0, 0.05) is 37.6 Å². The molecular weight excluding hydrogens is 482 g/mol. The van der Waals surface area contributed by atoms with Crippen molar-refractivity contribution in [2.24, 2.45) is 0 Å². The number of methoxy groups -OCH3 is 1. The molecule has 4 saturated heterocycles. The minimum Gasteiger partial charge on any atom is -0.467 e. The lowest BCUT2D eigenvalue weighted by atomic mass is 9.85. The van der Waals surface area contributed by atoms with Crippen LogP contribution in [-0.2, 0) is 9.47 Å². The van der Waals surface area contributed by atoms with Gasteiger partial charge in [0.2, 0.25) is 0 Å². The smallest absolute Gasteiger partial charge is 0.320 e. The van der Waals surface area contributed by atoms with Gasteiger partial charge in [-0.25, -0.2) is 4.68 Å². The Labute approximate surface area is 223 Å². The maximum atomic E-state index is 5.75. The van der Waals surface area contributed by atoms with Gasteiger partial charge in [0.05, 0.1) is 57.3 Å². The average molecular weight is 520 g/mol. The molecule has 0 radical (unpaired) electrons. The number of aromatic nitrogens is 4. The van der Waals surface area contributed by atoms with Crippen LogP contribution >= 0.6 is 0 Å². The zero-order valence-electron chi connectivity index (χ0n) is 22.4. The van der Waals surface area contributed by atoms with Crippen LogP contribution in [0.1, 0.15) is 29.9 Å². The van der Waals surface area contributed by atoms with Gasteiger partial charge in [-0.1, -0.05) is 0 Å². The molecule has 2 aromatic heterocycles. The van der Waals surface area contributed by atoms with Crippen LogP contribution < -0.4 is 9.64 Å². The number of rotatable bonds is 5. The molecule has 0 spiro atoms. The number of benzene rings is 1. The van der Waals surface area contributed by atoms with Crippen LogP contribution in [0.25, 0.3) is 16.7 Å². The van der Waals surface area contributed by atoms with E-state index < -0.39 is 0 Å². The number of anilines is 1. The van der Waals surface area contributed by atoms with E-state index >= 15 is 0 Å². The van der Waals surface area contributed by atoms with E-state index in [9.17, 15) is 0 Å². The molecule has 1 atom stereocenters. The summed E-state index contributed by atoms with van der Waals surface area (Å²) in [6.45, 7) is 11.7. The number of nitrogens with zero attached hydrogens (tertiary/aromatic N) is 7. The van der Waals surface area contributed by atoms with Crippen LogP contribution in [0, 0.1) is 6.92 Å². The maximum Gasteiger partial charge on any atom is 0.320 e. The third-order valence-electron chi connectivity index (χ3n) is 8.90. The van der Waals surface area contributed by atoms with Crippen molar-refractivity contribution >= 4 is 16.7 Å². The summed E-state index contributed by atoms with van der Waals surface area (Å²) < 4.78 is 18.7. The van der Waals surface area contributed by atoms with Crippen molar-refractivity contribution in [3.63, 3.8) is 0 Å². The molecule has 4 fully saturated rings. The molecule has 1 unspecified atom stereocenters. The number of hydrogen-bond acceptors (Lipinski definition) is 9. The van der Waals surface area contributed by atoms with Crippen LogP contribution in [0.15, 0.2) is 24.4 Å². The zero-order chi connectivity index (χ0) is 25.6. The predicted octanol–water partition coefficient (Wildman–Crippen LogP) is 2.23. The van der Waals surface area contributed by atoms with Crippen molar-refractivity contribution in [2.75, 3.05) is 77.7 Å². The molecule has 10 nitrogen and oxygen atoms in total. The number of hydrogen-bond donors (Lipinski definition) is 0. The summed E-state index contributed by atoms with van der Waals surface area (Å²) in [4.78, 5) is 16.9. The highest BCUT2D eigenvalue weighted by molar-refractivity contribution is 5.82. The van der Waals surface area contributed by atoms with Gasteiger partial charge in [-0.05, 0) is 62.0 Å². The van der Waals surface area contributed by atoms with E-state index in [-0.39, 0.29) is 0 Å². The highest BCUT2D eigenvalue weighted by Gasteiger charge is 2.32. The first kappa shape index (κ1) is 24.3. The summed E-state index contributed by atoms with van der Waals surface area (Å²) in [6.07, 6.45) is 4.30. The van der Waals surface area contributed by atoms with E-state index in [1.54, 1.807) is 7.11 Å². The van der Waals surface area contributed by atoms with Crippen LogP contribution in [0.2, 0.25) is 0 Å². The minimum atomic E-state index is 0.364. The molecule has 0 aliphatic carbocycles. The molecule has 0 bridgehead atoms. The van der Waals surface area contributed by atoms with Gasteiger partial charge in [0.25, 0.3) is 0 Å². The van der Waals surface area contributed by atoms with E-state index in [4.69, 9.17) is 29.3 Å². The monoisotopic (exact) mass is 519 g/mol. The molecular formula is C28H37N7O3. The summed E-state index contributed by atoms with van der Waals surface area (Å²) in [5.41, 5.74) is 3.85. The van der Waals surface area contributed by atoms with Gasteiger partial charge < -0.3 is 19.1 Å². The number of morpholine rings is 1. The molecule has 10 heteroatoms. The standard InChI is InChI=1S/C28H37N7O3/c1-19-11-21-14-29-35(25(21)12-24(19)20-3-5-32(6-4-20)23-17-38-18-23)27-13-26(30-28(31-27)36-2)34-8-7-33-9-10-37-16-22(33)15-34/h11-14,20,22-23H,3-10,15-18H2,1-2H3. The second kappa shape index (κ2) is 10.1. The van der Waals surface area contributed by atoms with Gasteiger partial charge in [-0.3, -0.25) is 9.80 Å². The van der Waals surface area contributed by atoms with Gasteiger partial charge in [0.1, 0.15) is 5.82 Å². The number of fused-ring (bicyclic) bond motifs is 2. The largest absolute Gasteiger partial charge is 0.467 e. The Bertz CT molecular complexity index is 1300. The third-order valence-corrected chi connectivity index (χ3v) is 8.90. The summed E-state index contributed by atoms with van der Waals surface area (Å²) >= 11 is 0. The van der Waals surface area contributed by atoms with Crippen molar-refractivity contribution in [3.8, 4) is 11.8 Å².